The highest BCUT2D eigenvalue weighted by Crippen LogP contribution is 2.38. The maximum atomic E-state index is 13.7. The van der Waals surface area contributed by atoms with Crippen molar-refractivity contribution in [3.05, 3.63) is 100 Å². The Kier molecular flexibility index (Phi) is 7.57. The Hall–Kier alpha value is -3.95. The van der Waals surface area contributed by atoms with E-state index in [1.165, 1.54) is 11.8 Å². The summed E-state index contributed by atoms with van der Waals surface area (Å²) >= 11 is 7.69. The number of benzene rings is 3. The molecule has 8 nitrogen and oxygen atoms in total. The van der Waals surface area contributed by atoms with Gasteiger partial charge < -0.3 is 20.1 Å². The molecule has 0 aliphatic carbocycles. The van der Waals surface area contributed by atoms with Crippen LogP contribution in [0, 0.1) is 0 Å². The van der Waals surface area contributed by atoms with Crippen molar-refractivity contribution >= 4 is 40.9 Å². The third kappa shape index (κ3) is 5.34. The van der Waals surface area contributed by atoms with Crippen molar-refractivity contribution in [3.8, 4) is 11.5 Å². The van der Waals surface area contributed by atoms with Crippen LogP contribution in [-0.2, 0) is 10.5 Å². The van der Waals surface area contributed by atoms with Crippen LogP contribution in [0.15, 0.2) is 89.2 Å². The van der Waals surface area contributed by atoms with Crippen LogP contribution in [0.2, 0.25) is 5.02 Å². The lowest BCUT2D eigenvalue weighted by Crippen LogP contribution is -2.31. The Balaban J connectivity index is 1.48. The number of ether oxygens (including phenoxy) is 2. The Morgan fingerprint density at radius 1 is 1.08 bits per heavy atom. The van der Waals surface area contributed by atoms with Gasteiger partial charge in [0.15, 0.2) is 0 Å². The van der Waals surface area contributed by atoms with Crippen molar-refractivity contribution in [3.63, 3.8) is 0 Å². The smallest absolute Gasteiger partial charge is 0.255 e. The monoisotopic (exact) mass is 547 g/mol. The number of allylic oxidation sites excluding steroid dienone is 1. The molecule has 1 atom stereocenters. The molecule has 0 saturated heterocycles. The number of rotatable bonds is 8. The van der Waals surface area contributed by atoms with Gasteiger partial charge in [0.05, 0.1) is 25.5 Å². The van der Waals surface area contributed by atoms with E-state index in [9.17, 15) is 4.79 Å². The largest absolute Gasteiger partial charge is 0.497 e. The molecule has 0 bridgehead atoms. The summed E-state index contributed by atoms with van der Waals surface area (Å²) in [6.07, 6.45) is 0. The molecular weight excluding hydrogens is 522 g/mol. The van der Waals surface area contributed by atoms with Gasteiger partial charge in [-0.25, -0.2) is 4.68 Å². The number of aromatic nitrogens is 3. The van der Waals surface area contributed by atoms with Crippen molar-refractivity contribution in [2.45, 2.75) is 23.9 Å². The Morgan fingerprint density at radius 2 is 1.87 bits per heavy atom. The van der Waals surface area contributed by atoms with Gasteiger partial charge in [0, 0.05) is 16.5 Å². The number of thioether (sulfide) groups is 1. The molecule has 3 aromatic carbocycles. The molecule has 0 unspecified atom stereocenters. The number of methoxy groups -OCH3 is 2. The van der Waals surface area contributed by atoms with E-state index < -0.39 is 6.04 Å². The third-order valence-electron chi connectivity index (χ3n) is 6.12. The molecule has 38 heavy (non-hydrogen) atoms. The quantitative estimate of drug-likeness (QED) is 0.255. The van der Waals surface area contributed by atoms with Crippen LogP contribution in [0.25, 0.3) is 0 Å². The summed E-state index contributed by atoms with van der Waals surface area (Å²) in [5.74, 6) is 2.33. The molecule has 1 aromatic heterocycles. The zero-order valence-corrected chi connectivity index (χ0v) is 22.6. The Labute approximate surface area is 230 Å². The molecule has 1 amide bonds. The van der Waals surface area contributed by atoms with Crippen molar-refractivity contribution in [1.82, 2.24) is 14.8 Å². The number of anilines is 2. The Morgan fingerprint density at radius 3 is 2.63 bits per heavy atom. The highest BCUT2D eigenvalue weighted by atomic mass is 35.5. The molecule has 2 N–H and O–H groups in total. The lowest BCUT2D eigenvalue weighted by molar-refractivity contribution is -0.113. The van der Waals surface area contributed by atoms with Crippen LogP contribution in [0.3, 0.4) is 0 Å². The third-order valence-corrected chi connectivity index (χ3v) is 7.28. The van der Waals surface area contributed by atoms with Gasteiger partial charge in [-0.05, 0) is 54.4 Å². The summed E-state index contributed by atoms with van der Waals surface area (Å²) in [4.78, 5) is 18.4. The number of hydrogen-bond acceptors (Lipinski definition) is 7. The van der Waals surface area contributed by atoms with Gasteiger partial charge in [0.1, 0.15) is 17.5 Å². The minimum Gasteiger partial charge on any atom is -0.497 e. The second kappa shape index (κ2) is 11.2. The average molecular weight is 548 g/mol. The molecule has 0 saturated carbocycles. The molecule has 1 aliphatic heterocycles. The van der Waals surface area contributed by atoms with E-state index in [4.69, 9.17) is 31.2 Å². The van der Waals surface area contributed by atoms with Crippen LogP contribution >= 0.6 is 23.4 Å². The molecule has 0 spiro atoms. The van der Waals surface area contributed by atoms with Gasteiger partial charge in [0.25, 0.3) is 5.91 Å². The zero-order chi connectivity index (χ0) is 26.6. The first-order valence-electron chi connectivity index (χ1n) is 11.9. The number of amides is 1. The van der Waals surface area contributed by atoms with E-state index in [-0.39, 0.29) is 5.91 Å². The first-order chi connectivity index (χ1) is 18.5. The fraction of sp³-hybridized carbons (Fsp3) is 0.179. The molecule has 0 fully saturated rings. The van der Waals surface area contributed by atoms with Crippen LogP contribution in [0.5, 0.6) is 11.5 Å². The zero-order valence-electron chi connectivity index (χ0n) is 21.1. The van der Waals surface area contributed by atoms with E-state index in [2.05, 4.69) is 10.6 Å². The van der Waals surface area contributed by atoms with Crippen LogP contribution in [0.1, 0.15) is 24.1 Å². The molecule has 5 rings (SSSR count). The standard InChI is InChI=1S/C28H26ClN5O3S/c1-17-24(26(35)31-22-9-4-5-10-23(22)37-3)25(19-11-13-20(29)14-12-19)34-27(30-17)32-28(33-34)38-16-18-7-6-8-21(15-18)36-2/h4-15,25H,16H2,1-3H3,(H,31,35)(H,30,32,33)/t25-/m0/s1. The number of hydrogen-bond donors (Lipinski definition) is 2. The number of para-hydroxylation sites is 2. The highest BCUT2D eigenvalue weighted by Gasteiger charge is 2.34. The van der Waals surface area contributed by atoms with Gasteiger partial charge in [-0.1, -0.05) is 59.8 Å². The summed E-state index contributed by atoms with van der Waals surface area (Å²) in [6.45, 7) is 1.86. The summed E-state index contributed by atoms with van der Waals surface area (Å²) in [5.41, 5.74) is 3.72. The molecule has 0 radical (unpaired) electrons. The van der Waals surface area contributed by atoms with Gasteiger partial charge in [-0.15, -0.1) is 5.10 Å². The van der Waals surface area contributed by atoms with Crippen molar-refractivity contribution in [2.75, 3.05) is 24.9 Å². The summed E-state index contributed by atoms with van der Waals surface area (Å²) in [5, 5.41) is 12.3. The minimum atomic E-state index is -0.517. The van der Waals surface area contributed by atoms with Crippen LogP contribution in [0.4, 0.5) is 11.6 Å². The van der Waals surface area contributed by atoms with Gasteiger partial charge in [-0.3, -0.25) is 4.79 Å². The van der Waals surface area contributed by atoms with E-state index in [0.29, 0.717) is 44.6 Å². The van der Waals surface area contributed by atoms with Gasteiger partial charge in [0.2, 0.25) is 11.1 Å². The fourth-order valence-corrected chi connectivity index (χ4v) is 5.19. The molecule has 10 heteroatoms. The summed E-state index contributed by atoms with van der Waals surface area (Å²) in [6, 6.07) is 22.1. The first-order valence-corrected chi connectivity index (χ1v) is 13.2. The topological polar surface area (TPSA) is 90.3 Å². The van der Waals surface area contributed by atoms with E-state index in [1.54, 1.807) is 43.2 Å². The molecular formula is C28H26ClN5O3S. The summed E-state index contributed by atoms with van der Waals surface area (Å²) < 4.78 is 12.5. The SMILES string of the molecule is COc1cccc(CSc2nc3n(n2)[C@@H](c2ccc(Cl)cc2)C(C(=O)Nc2ccccc2OC)=C(C)N3)c1. The van der Waals surface area contributed by atoms with Crippen LogP contribution in [-0.4, -0.2) is 34.9 Å². The van der Waals surface area contributed by atoms with E-state index in [0.717, 1.165) is 16.9 Å². The number of fused-ring (bicyclic) bond motifs is 1. The number of carbonyl (C=O) groups excluding carboxylic acids is 1. The summed E-state index contributed by atoms with van der Waals surface area (Å²) in [7, 11) is 3.22. The van der Waals surface area contributed by atoms with E-state index >= 15 is 0 Å². The number of carbonyl (C=O) groups is 1. The average Bonchev–Trinajstić information content (AvgIpc) is 3.34. The number of nitrogens with one attached hydrogen (secondary N) is 2. The Bertz CT molecular complexity index is 1500. The van der Waals surface area contributed by atoms with Crippen molar-refractivity contribution in [1.29, 1.82) is 0 Å². The first kappa shape index (κ1) is 25.7. The second-order valence-corrected chi connectivity index (χ2v) is 9.95. The van der Waals surface area contributed by atoms with Crippen molar-refractivity contribution < 1.29 is 14.3 Å². The minimum absolute atomic E-state index is 0.272. The van der Waals surface area contributed by atoms with Crippen molar-refractivity contribution in [2.24, 2.45) is 0 Å². The predicted octanol–water partition coefficient (Wildman–Crippen LogP) is 6.17. The lowest BCUT2D eigenvalue weighted by atomic mass is 9.95. The molecule has 1 aliphatic rings. The number of halogens is 1. The highest BCUT2D eigenvalue weighted by molar-refractivity contribution is 7.98. The van der Waals surface area contributed by atoms with Gasteiger partial charge >= 0.3 is 0 Å². The maximum Gasteiger partial charge on any atom is 0.255 e. The number of nitrogens with zero attached hydrogens (tertiary/aromatic N) is 3. The second-order valence-electron chi connectivity index (χ2n) is 8.57. The maximum absolute atomic E-state index is 13.7. The molecule has 2 heterocycles. The predicted molar refractivity (Wildman–Crippen MR) is 150 cm³/mol. The lowest BCUT2D eigenvalue weighted by Gasteiger charge is -2.28. The molecule has 4 aromatic rings. The van der Waals surface area contributed by atoms with Gasteiger partial charge in [-0.2, -0.15) is 4.98 Å². The fourth-order valence-electron chi connectivity index (χ4n) is 4.29. The normalized spacial score (nSPS) is 14.5. The van der Waals surface area contributed by atoms with E-state index in [1.807, 2.05) is 55.5 Å². The molecule has 194 valence electrons. The van der Waals surface area contributed by atoms with Crippen LogP contribution < -0.4 is 20.1 Å².